The van der Waals surface area contributed by atoms with E-state index in [1.807, 2.05) is 0 Å². The SMILES string of the molecule is CCC(=O)Nc1nnc(-c2ccc(Cl)cc2N)s1. The van der Waals surface area contributed by atoms with Gasteiger partial charge < -0.3 is 11.1 Å². The van der Waals surface area contributed by atoms with E-state index in [0.29, 0.717) is 27.3 Å². The van der Waals surface area contributed by atoms with Crippen LogP contribution < -0.4 is 11.1 Å². The minimum atomic E-state index is -0.0956. The molecule has 94 valence electrons. The van der Waals surface area contributed by atoms with Gasteiger partial charge in [0.05, 0.1) is 0 Å². The summed E-state index contributed by atoms with van der Waals surface area (Å²) in [5.74, 6) is -0.0956. The highest BCUT2D eigenvalue weighted by Gasteiger charge is 2.11. The van der Waals surface area contributed by atoms with E-state index < -0.39 is 0 Å². The summed E-state index contributed by atoms with van der Waals surface area (Å²) in [6.45, 7) is 1.77. The highest BCUT2D eigenvalue weighted by Crippen LogP contribution is 2.32. The molecule has 0 aliphatic heterocycles. The van der Waals surface area contributed by atoms with Gasteiger partial charge in [0, 0.05) is 22.7 Å². The molecule has 2 rings (SSSR count). The molecule has 0 aliphatic rings. The van der Waals surface area contributed by atoms with E-state index in [0.717, 1.165) is 5.56 Å². The second kappa shape index (κ2) is 5.32. The van der Waals surface area contributed by atoms with Gasteiger partial charge in [-0.25, -0.2) is 0 Å². The van der Waals surface area contributed by atoms with Crippen molar-refractivity contribution in [3.8, 4) is 10.6 Å². The number of rotatable bonds is 3. The highest BCUT2D eigenvalue weighted by atomic mass is 35.5. The maximum absolute atomic E-state index is 11.2. The molecule has 1 aromatic carbocycles. The number of benzene rings is 1. The second-order valence-electron chi connectivity index (χ2n) is 3.55. The first-order valence-electron chi connectivity index (χ1n) is 5.29. The summed E-state index contributed by atoms with van der Waals surface area (Å²) in [6.07, 6.45) is 0.401. The van der Waals surface area contributed by atoms with E-state index in [-0.39, 0.29) is 5.91 Å². The number of hydrogen-bond acceptors (Lipinski definition) is 5. The van der Waals surface area contributed by atoms with Gasteiger partial charge in [-0.15, -0.1) is 10.2 Å². The maximum atomic E-state index is 11.2. The fourth-order valence-corrected chi connectivity index (χ4v) is 2.31. The number of nitrogens with one attached hydrogen (secondary N) is 1. The number of halogens is 1. The normalized spacial score (nSPS) is 10.3. The Kier molecular flexibility index (Phi) is 3.78. The van der Waals surface area contributed by atoms with Crippen molar-refractivity contribution in [2.45, 2.75) is 13.3 Å². The van der Waals surface area contributed by atoms with Crippen LogP contribution in [0.25, 0.3) is 10.6 Å². The van der Waals surface area contributed by atoms with Crippen LogP contribution in [-0.4, -0.2) is 16.1 Å². The molecule has 0 atom stereocenters. The number of hydrogen-bond donors (Lipinski definition) is 2. The smallest absolute Gasteiger partial charge is 0.225 e. The zero-order valence-electron chi connectivity index (χ0n) is 9.61. The zero-order valence-corrected chi connectivity index (χ0v) is 11.2. The Hall–Kier alpha value is -1.66. The molecule has 0 saturated heterocycles. The first kappa shape index (κ1) is 12.8. The minimum Gasteiger partial charge on any atom is -0.398 e. The van der Waals surface area contributed by atoms with Crippen molar-refractivity contribution in [2.75, 3.05) is 11.1 Å². The summed E-state index contributed by atoms with van der Waals surface area (Å²) in [5, 5.41) is 12.2. The predicted octanol–water partition coefficient (Wildman–Crippen LogP) is 2.79. The molecular weight excluding hydrogens is 272 g/mol. The Morgan fingerprint density at radius 1 is 1.50 bits per heavy atom. The average Bonchev–Trinajstić information content (AvgIpc) is 2.77. The van der Waals surface area contributed by atoms with Crippen molar-refractivity contribution in [1.29, 1.82) is 0 Å². The average molecular weight is 283 g/mol. The van der Waals surface area contributed by atoms with Crippen molar-refractivity contribution in [3.63, 3.8) is 0 Å². The number of anilines is 2. The van der Waals surface area contributed by atoms with Crippen LogP contribution in [0.1, 0.15) is 13.3 Å². The lowest BCUT2D eigenvalue weighted by Crippen LogP contribution is -2.08. The molecule has 18 heavy (non-hydrogen) atoms. The molecule has 0 spiro atoms. The second-order valence-corrected chi connectivity index (χ2v) is 4.96. The molecule has 0 radical (unpaired) electrons. The molecular formula is C11H11ClN4OS. The minimum absolute atomic E-state index is 0.0956. The zero-order chi connectivity index (χ0) is 13.1. The fraction of sp³-hybridized carbons (Fsp3) is 0.182. The summed E-state index contributed by atoms with van der Waals surface area (Å²) >= 11 is 7.10. The summed E-state index contributed by atoms with van der Waals surface area (Å²) in [5.41, 5.74) is 7.15. The Bertz CT molecular complexity index is 584. The van der Waals surface area contributed by atoms with Crippen molar-refractivity contribution in [1.82, 2.24) is 10.2 Å². The standard InChI is InChI=1S/C11H11ClN4OS/c1-2-9(17)14-11-16-15-10(18-11)7-4-3-6(12)5-8(7)13/h3-5H,2,13H2,1H3,(H,14,16,17). The number of amides is 1. The third kappa shape index (κ3) is 2.77. The highest BCUT2D eigenvalue weighted by molar-refractivity contribution is 7.18. The molecule has 5 nitrogen and oxygen atoms in total. The first-order chi connectivity index (χ1) is 8.60. The first-order valence-corrected chi connectivity index (χ1v) is 6.48. The van der Waals surface area contributed by atoms with Crippen molar-refractivity contribution in [3.05, 3.63) is 23.2 Å². The van der Waals surface area contributed by atoms with Gasteiger partial charge in [0.1, 0.15) is 0 Å². The third-order valence-electron chi connectivity index (χ3n) is 2.24. The van der Waals surface area contributed by atoms with Gasteiger partial charge in [-0.1, -0.05) is 29.9 Å². The van der Waals surface area contributed by atoms with Gasteiger partial charge in [0.25, 0.3) is 0 Å². The van der Waals surface area contributed by atoms with Crippen molar-refractivity contribution in [2.24, 2.45) is 0 Å². The molecule has 0 unspecified atom stereocenters. The van der Waals surface area contributed by atoms with Crippen LogP contribution in [0.3, 0.4) is 0 Å². The van der Waals surface area contributed by atoms with E-state index >= 15 is 0 Å². The summed E-state index contributed by atoms with van der Waals surface area (Å²) < 4.78 is 0. The number of nitrogens with two attached hydrogens (primary N) is 1. The maximum Gasteiger partial charge on any atom is 0.225 e. The largest absolute Gasteiger partial charge is 0.398 e. The quantitative estimate of drug-likeness (QED) is 0.848. The number of carbonyl (C=O) groups is 1. The van der Waals surface area contributed by atoms with Gasteiger partial charge in [-0.2, -0.15) is 0 Å². The molecule has 1 heterocycles. The third-order valence-corrected chi connectivity index (χ3v) is 3.34. The van der Waals surface area contributed by atoms with Crippen molar-refractivity contribution >= 4 is 39.7 Å². The summed E-state index contributed by atoms with van der Waals surface area (Å²) in [4.78, 5) is 11.2. The van der Waals surface area contributed by atoms with Gasteiger partial charge in [0.2, 0.25) is 11.0 Å². The summed E-state index contributed by atoms with van der Waals surface area (Å²) in [6, 6.07) is 5.17. The molecule has 0 bridgehead atoms. The predicted molar refractivity (Wildman–Crippen MR) is 73.7 cm³/mol. The van der Waals surface area contributed by atoms with Crippen molar-refractivity contribution < 1.29 is 4.79 Å². The number of nitrogen functional groups attached to an aromatic ring is 1. The number of carbonyl (C=O) groups excluding carboxylic acids is 1. The lowest BCUT2D eigenvalue weighted by Gasteiger charge is -2.01. The lowest BCUT2D eigenvalue weighted by atomic mass is 10.2. The van der Waals surface area contributed by atoms with Crippen LogP contribution in [0.2, 0.25) is 5.02 Å². The van der Waals surface area contributed by atoms with Crippen LogP contribution in [0.15, 0.2) is 18.2 Å². The lowest BCUT2D eigenvalue weighted by molar-refractivity contribution is -0.115. The monoisotopic (exact) mass is 282 g/mol. The Morgan fingerprint density at radius 3 is 2.94 bits per heavy atom. The molecule has 0 saturated carbocycles. The molecule has 1 amide bonds. The topological polar surface area (TPSA) is 80.9 Å². The van der Waals surface area contributed by atoms with Crippen LogP contribution in [0.4, 0.5) is 10.8 Å². The van der Waals surface area contributed by atoms with E-state index in [1.165, 1.54) is 11.3 Å². The van der Waals surface area contributed by atoms with Crippen LogP contribution >= 0.6 is 22.9 Å². The molecule has 7 heteroatoms. The van der Waals surface area contributed by atoms with Gasteiger partial charge >= 0.3 is 0 Å². The van der Waals surface area contributed by atoms with Gasteiger partial charge in [0.15, 0.2) is 5.01 Å². The molecule has 2 aromatic rings. The Balaban J connectivity index is 2.26. The van der Waals surface area contributed by atoms with E-state index in [1.54, 1.807) is 25.1 Å². The van der Waals surface area contributed by atoms with E-state index in [9.17, 15) is 4.79 Å². The number of aromatic nitrogens is 2. The van der Waals surface area contributed by atoms with Crippen LogP contribution in [0, 0.1) is 0 Å². The molecule has 0 aliphatic carbocycles. The number of nitrogens with zero attached hydrogens (tertiary/aromatic N) is 2. The Morgan fingerprint density at radius 2 is 2.28 bits per heavy atom. The van der Waals surface area contributed by atoms with E-state index in [2.05, 4.69) is 15.5 Å². The summed E-state index contributed by atoms with van der Waals surface area (Å²) in [7, 11) is 0. The van der Waals surface area contributed by atoms with E-state index in [4.69, 9.17) is 17.3 Å². The van der Waals surface area contributed by atoms with Gasteiger partial charge in [-0.05, 0) is 18.2 Å². The molecule has 0 fully saturated rings. The van der Waals surface area contributed by atoms with Crippen LogP contribution in [-0.2, 0) is 4.79 Å². The molecule has 3 N–H and O–H groups in total. The molecule has 1 aromatic heterocycles. The van der Waals surface area contributed by atoms with Crippen LogP contribution in [0.5, 0.6) is 0 Å². The fourth-order valence-electron chi connectivity index (χ4n) is 1.32. The Labute approximate surface area is 113 Å². The van der Waals surface area contributed by atoms with Gasteiger partial charge in [-0.3, -0.25) is 4.79 Å².